The van der Waals surface area contributed by atoms with E-state index < -0.39 is 32.7 Å². The third-order valence-electron chi connectivity index (χ3n) is 5.44. The van der Waals surface area contributed by atoms with Crippen molar-refractivity contribution in [3.05, 3.63) is 29.6 Å². The molecule has 3 unspecified atom stereocenters. The third kappa shape index (κ3) is 4.29. The highest BCUT2D eigenvalue weighted by molar-refractivity contribution is 7.90. The first-order valence-electron chi connectivity index (χ1n) is 8.55. The van der Waals surface area contributed by atoms with Gasteiger partial charge in [-0.15, -0.1) is 12.4 Å². The van der Waals surface area contributed by atoms with Crippen LogP contribution in [0, 0.1) is 11.2 Å². The minimum Gasteiger partial charge on any atom is -0.378 e. The molecular formula is C18H28ClFN2O4S. The minimum atomic E-state index is -3.64. The predicted octanol–water partition coefficient (Wildman–Crippen LogP) is 2.36. The number of carbonyl (C=O) groups excluding carboxylic acids is 1. The van der Waals surface area contributed by atoms with Gasteiger partial charge in [0.05, 0.1) is 12.1 Å². The molecule has 3 atom stereocenters. The fourth-order valence-corrected chi connectivity index (χ4v) is 4.04. The Morgan fingerprint density at radius 2 is 2.04 bits per heavy atom. The molecule has 0 heterocycles. The van der Waals surface area contributed by atoms with Gasteiger partial charge in [0.25, 0.3) is 0 Å². The minimum absolute atomic E-state index is 0. The largest absolute Gasteiger partial charge is 0.378 e. The molecule has 0 spiro atoms. The van der Waals surface area contributed by atoms with E-state index in [0.29, 0.717) is 18.6 Å². The number of nitrogens with one attached hydrogen (secondary N) is 1. The van der Waals surface area contributed by atoms with Crippen LogP contribution in [0.15, 0.2) is 23.1 Å². The number of hydrogen-bond acceptors (Lipinski definition) is 5. The highest BCUT2D eigenvalue weighted by Crippen LogP contribution is 2.50. The summed E-state index contributed by atoms with van der Waals surface area (Å²) in [4.78, 5) is 12.4. The molecule has 1 aromatic rings. The Morgan fingerprint density at radius 1 is 1.44 bits per heavy atom. The standard InChI is InChI=1S/C18H27FN2O4S.ClH/c1-6-25-15-10-18(20,17(15,3)4)16(22)21-11(2)12-7-8-14(13(19)9-12)26(5,23)24;/h7-9,11,15H,6,10,20H2,1-5H3,(H,21,22);1H. The van der Waals surface area contributed by atoms with Gasteiger partial charge >= 0.3 is 0 Å². The van der Waals surface area contributed by atoms with E-state index in [9.17, 15) is 17.6 Å². The van der Waals surface area contributed by atoms with E-state index in [1.165, 1.54) is 12.1 Å². The normalized spacial score (nSPS) is 25.1. The first kappa shape index (κ1) is 23.8. The zero-order valence-electron chi connectivity index (χ0n) is 16.2. The molecule has 0 radical (unpaired) electrons. The van der Waals surface area contributed by atoms with Crippen molar-refractivity contribution in [3.63, 3.8) is 0 Å². The summed E-state index contributed by atoms with van der Waals surface area (Å²) in [7, 11) is -3.64. The lowest BCUT2D eigenvalue weighted by molar-refractivity contribution is -0.171. The maximum absolute atomic E-state index is 14.1. The van der Waals surface area contributed by atoms with Gasteiger partial charge in [-0.25, -0.2) is 12.8 Å². The monoisotopic (exact) mass is 422 g/mol. The second kappa shape index (κ2) is 8.03. The Hall–Kier alpha value is -1.22. The van der Waals surface area contributed by atoms with Crippen LogP contribution in [0.2, 0.25) is 0 Å². The molecule has 9 heteroatoms. The van der Waals surface area contributed by atoms with Gasteiger partial charge in [-0.2, -0.15) is 0 Å². The van der Waals surface area contributed by atoms with Gasteiger partial charge < -0.3 is 15.8 Å². The fourth-order valence-electron chi connectivity index (χ4n) is 3.32. The summed E-state index contributed by atoms with van der Waals surface area (Å²) in [5, 5.41) is 2.81. The average molecular weight is 423 g/mol. The van der Waals surface area contributed by atoms with Crippen LogP contribution in [0.25, 0.3) is 0 Å². The lowest BCUT2D eigenvalue weighted by Crippen LogP contribution is -2.75. The van der Waals surface area contributed by atoms with Gasteiger partial charge in [0.1, 0.15) is 16.3 Å². The Morgan fingerprint density at radius 3 is 2.48 bits per heavy atom. The van der Waals surface area contributed by atoms with E-state index in [0.717, 1.165) is 12.3 Å². The summed E-state index contributed by atoms with van der Waals surface area (Å²) in [6.45, 7) is 7.92. The Balaban J connectivity index is 0.00000364. The fraction of sp³-hybridized carbons (Fsp3) is 0.611. The van der Waals surface area contributed by atoms with Crippen molar-refractivity contribution in [1.29, 1.82) is 0 Å². The molecule has 1 fully saturated rings. The van der Waals surface area contributed by atoms with Crippen LogP contribution in [0.5, 0.6) is 0 Å². The summed E-state index contributed by atoms with van der Waals surface area (Å²) in [5.74, 6) is -1.17. The molecular weight excluding hydrogens is 395 g/mol. The molecule has 3 N–H and O–H groups in total. The SMILES string of the molecule is CCOC1CC(N)(C(=O)NC(C)c2ccc(S(C)(=O)=O)c(F)c2)C1(C)C.Cl. The molecule has 2 rings (SSSR count). The van der Waals surface area contributed by atoms with Crippen molar-refractivity contribution in [2.24, 2.45) is 11.1 Å². The molecule has 0 saturated heterocycles. The molecule has 1 saturated carbocycles. The number of amides is 1. The van der Waals surface area contributed by atoms with Crippen molar-refractivity contribution in [2.75, 3.05) is 12.9 Å². The number of benzene rings is 1. The van der Waals surface area contributed by atoms with Crippen molar-refractivity contribution in [3.8, 4) is 0 Å². The first-order valence-corrected chi connectivity index (χ1v) is 10.4. The Bertz CT molecular complexity index is 816. The number of ether oxygens (including phenoxy) is 1. The number of sulfone groups is 1. The van der Waals surface area contributed by atoms with Gasteiger partial charge in [0, 0.05) is 24.7 Å². The van der Waals surface area contributed by atoms with Crippen LogP contribution in [0.3, 0.4) is 0 Å². The van der Waals surface area contributed by atoms with Crippen LogP contribution in [0.4, 0.5) is 4.39 Å². The Labute approximate surface area is 166 Å². The lowest BCUT2D eigenvalue weighted by Gasteiger charge is -2.57. The van der Waals surface area contributed by atoms with Gasteiger partial charge in [-0.3, -0.25) is 4.79 Å². The van der Waals surface area contributed by atoms with E-state index in [1.54, 1.807) is 6.92 Å². The number of rotatable bonds is 6. The average Bonchev–Trinajstić information content (AvgIpc) is 2.52. The molecule has 0 aromatic heterocycles. The quantitative estimate of drug-likeness (QED) is 0.733. The van der Waals surface area contributed by atoms with E-state index in [1.807, 2.05) is 20.8 Å². The molecule has 6 nitrogen and oxygen atoms in total. The van der Waals surface area contributed by atoms with E-state index >= 15 is 0 Å². The summed E-state index contributed by atoms with van der Waals surface area (Å²) in [6, 6.07) is 3.30. The molecule has 1 amide bonds. The van der Waals surface area contributed by atoms with Crippen molar-refractivity contribution in [2.45, 2.75) is 56.7 Å². The second-order valence-electron chi connectivity index (χ2n) is 7.50. The van der Waals surface area contributed by atoms with Crippen LogP contribution in [-0.4, -0.2) is 38.8 Å². The zero-order valence-corrected chi connectivity index (χ0v) is 17.8. The lowest BCUT2D eigenvalue weighted by atomic mass is 9.54. The highest BCUT2D eigenvalue weighted by Gasteiger charge is 2.62. The predicted molar refractivity (Wildman–Crippen MR) is 104 cm³/mol. The summed E-state index contributed by atoms with van der Waals surface area (Å²) < 4.78 is 42.7. The number of nitrogens with two attached hydrogens (primary N) is 1. The van der Waals surface area contributed by atoms with Crippen molar-refractivity contribution < 1.29 is 22.3 Å². The van der Waals surface area contributed by atoms with Crippen LogP contribution in [0.1, 0.15) is 45.7 Å². The van der Waals surface area contributed by atoms with Gasteiger partial charge in [0.15, 0.2) is 9.84 Å². The van der Waals surface area contributed by atoms with Crippen LogP contribution < -0.4 is 11.1 Å². The maximum atomic E-state index is 14.1. The topological polar surface area (TPSA) is 98.5 Å². The van der Waals surface area contributed by atoms with Crippen LogP contribution in [-0.2, 0) is 19.4 Å². The zero-order chi connectivity index (χ0) is 19.9. The van der Waals surface area contributed by atoms with Crippen LogP contribution >= 0.6 is 12.4 Å². The smallest absolute Gasteiger partial charge is 0.241 e. The molecule has 154 valence electrons. The van der Waals surface area contributed by atoms with Gasteiger partial charge in [0.2, 0.25) is 5.91 Å². The van der Waals surface area contributed by atoms with Gasteiger partial charge in [-0.05, 0) is 31.5 Å². The number of halogens is 2. The number of carbonyl (C=O) groups is 1. The Kier molecular flexibility index (Phi) is 7.08. The second-order valence-corrected chi connectivity index (χ2v) is 9.48. The van der Waals surface area contributed by atoms with E-state index in [-0.39, 0.29) is 29.3 Å². The molecule has 27 heavy (non-hydrogen) atoms. The molecule has 1 aliphatic rings. The van der Waals surface area contributed by atoms with Crippen molar-refractivity contribution >= 4 is 28.2 Å². The maximum Gasteiger partial charge on any atom is 0.241 e. The van der Waals surface area contributed by atoms with E-state index in [4.69, 9.17) is 10.5 Å². The molecule has 0 aliphatic heterocycles. The summed E-state index contributed by atoms with van der Waals surface area (Å²) in [5.41, 5.74) is 5.19. The third-order valence-corrected chi connectivity index (χ3v) is 6.57. The molecule has 1 aliphatic carbocycles. The molecule has 0 bridgehead atoms. The summed E-state index contributed by atoms with van der Waals surface area (Å²) in [6.07, 6.45) is 1.26. The molecule has 1 aromatic carbocycles. The summed E-state index contributed by atoms with van der Waals surface area (Å²) >= 11 is 0. The van der Waals surface area contributed by atoms with Gasteiger partial charge in [-0.1, -0.05) is 19.9 Å². The number of hydrogen-bond donors (Lipinski definition) is 2. The highest BCUT2D eigenvalue weighted by atomic mass is 35.5. The first-order chi connectivity index (χ1) is 11.8. The van der Waals surface area contributed by atoms with E-state index in [2.05, 4.69) is 5.32 Å². The van der Waals surface area contributed by atoms with Crippen molar-refractivity contribution in [1.82, 2.24) is 5.32 Å².